The van der Waals surface area contributed by atoms with Crippen LogP contribution in [0.1, 0.15) is 18.9 Å². The van der Waals surface area contributed by atoms with Crippen LogP contribution in [-0.4, -0.2) is 11.5 Å². The number of nitrogens with zero attached hydrogens (tertiary/aromatic N) is 1. The normalized spacial score (nSPS) is 10.8. The summed E-state index contributed by atoms with van der Waals surface area (Å²) in [5.74, 6) is 0. The Labute approximate surface area is 137 Å². The number of hydrogen-bond donors (Lipinski definition) is 1. The number of hydrogen-bond acceptors (Lipinski definition) is 3. The lowest BCUT2D eigenvalue weighted by molar-refractivity contribution is 0.669. The summed E-state index contributed by atoms with van der Waals surface area (Å²) in [6.07, 6.45) is 2.94. The van der Waals surface area contributed by atoms with Crippen molar-refractivity contribution in [2.24, 2.45) is 0 Å². The smallest absolute Gasteiger partial charge is 0.101 e. The Bertz CT molecular complexity index is 560. The Hall–Kier alpha value is -0.550. The summed E-state index contributed by atoms with van der Waals surface area (Å²) in [6.45, 7) is 4.03. The van der Waals surface area contributed by atoms with E-state index in [0.29, 0.717) is 0 Å². The predicted molar refractivity (Wildman–Crippen MR) is 89.5 cm³/mol. The minimum atomic E-state index is 0.754. The molecule has 1 aromatic carbocycles. The van der Waals surface area contributed by atoms with Gasteiger partial charge in [0, 0.05) is 27.1 Å². The fourth-order valence-electron chi connectivity index (χ4n) is 1.70. The number of benzene rings is 1. The van der Waals surface area contributed by atoms with Crippen molar-refractivity contribution in [1.82, 2.24) is 10.3 Å². The Morgan fingerprint density at radius 1 is 1.30 bits per heavy atom. The van der Waals surface area contributed by atoms with E-state index in [1.165, 1.54) is 5.56 Å². The van der Waals surface area contributed by atoms with Gasteiger partial charge in [0.1, 0.15) is 5.03 Å². The molecule has 0 saturated carbocycles. The van der Waals surface area contributed by atoms with E-state index in [2.05, 4.69) is 39.2 Å². The van der Waals surface area contributed by atoms with E-state index in [0.717, 1.165) is 38.9 Å². The van der Waals surface area contributed by atoms with Gasteiger partial charge < -0.3 is 5.32 Å². The van der Waals surface area contributed by atoms with Crippen LogP contribution in [0.3, 0.4) is 0 Å². The first-order valence-electron chi connectivity index (χ1n) is 6.47. The molecule has 0 aliphatic heterocycles. The third-order valence-electron chi connectivity index (χ3n) is 2.69. The number of rotatable bonds is 6. The van der Waals surface area contributed by atoms with Gasteiger partial charge in [0.05, 0.1) is 0 Å². The molecule has 2 nitrogen and oxygen atoms in total. The molecule has 0 saturated heterocycles. The molecule has 1 heterocycles. The van der Waals surface area contributed by atoms with Gasteiger partial charge in [-0.1, -0.05) is 36.4 Å². The molecule has 2 rings (SSSR count). The largest absolute Gasteiger partial charge is 0.313 e. The summed E-state index contributed by atoms with van der Waals surface area (Å²) < 4.78 is 0.984. The number of aromatic nitrogens is 1. The van der Waals surface area contributed by atoms with Gasteiger partial charge >= 0.3 is 0 Å². The van der Waals surface area contributed by atoms with Crippen molar-refractivity contribution < 1.29 is 0 Å². The molecule has 1 N–H and O–H groups in total. The van der Waals surface area contributed by atoms with Crippen molar-refractivity contribution in [2.45, 2.75) is 29.8 Å². The maximum absolute atomic E-state index is 6.11. The van der Waals surface area contributed by atoms with E-state index in [4.69, 9.17) is 11.6 Å². The number of nitrogens with one attached hydrogen (secondary N) is 1. The van der Waals surface area contributed by atoms with Crippen LogP contribution in [0, 0.1) is 0 Å². The Kier molecular flexibility index (Phi) is 6.36. The maximum atomic E-state index is 6.11. The molecular weight excluding hydrogens is 356 g/mol. The summed E-state index contributed by atoms with van der Waals surface area (Å²) in [7, 11) is 0. The second kappa shape index (κ2) is 8.03. The van der Waals surface area contributed by atoms with Gasteiger partial charge in [0.15, 0.2) is 0 Å². The third-order valence-corrected chi connectivity index (χ3v) is 4.44. The molecule has 0 aliphatic carbocycles. The first kappa shape index (κ1) is 15.8. The van der Waals surface area contributed by atoms with Crippen molar-refractivity contribution in [1.29, 1.82) is 0 Å². The second-order valence-electron chi connectivity index (χ2n) is 4.35. The summed E-state index contributed by atoms with van der Waals surface area (Å²) >= 11 is 11.1. The van der Waals surface area contributed by atoms with Crippen LogP contribution in [-0.2, 0) is 6.54 Å². The first-order chi connectivity index (χ1) is 9.69. The molecule has 2 aromatic rings. The Balaban J connectivity index is 2.15. The van der Waals surface area contributed by atoms with Crippen molar-refractivity contribution in [3.05, 3.63) is 51.6 Å². The maximum Gasteiger partial charge on any atom is 0.101 e. The van der Waals surface area contributed by atoms with Crippen LogP contribution in [0.15, 0.2) is 50.9 Å². The van der Waals surface area contributed by atoms with Crippen molar-refractivity contribution in [2.75, 3.05) is 6.54 Å². The molecule has 0 bridgehead atoms. The average Bonchev–Trinajstić information content (AvgIpc) is 2.44. The lowest BCUT2D eigenvalue weighted by Gasteiger charge is -2.10. The molecular formula is C15H16BrClN2S. The van der Waals surface area contributed by atoms with E-state index in [9.17, 15) is 0 Å². The van der Waals surface area contributed by atoms with Gasteiger partial charge in [-0.3, -0.25) is 0 Å². The van der Waals surface area contributed by atoms with Crippen LogP contribution in [0.4, 0.5) is 0 Å². The summed E-state index contributed by atoms with van der Waals surface area (Å²) in [6, 6.07) is 10.0. The lowest BCUT2D eigenvalue weighted by atomic mass is 10.2. The molecule has 0 unspecified atom stereocenters. The topological polar surface area (TPSA) is 24.9 Å². The molecule has 0 aliphatic rings. The molecule has 0 radical (unpaired) electrons. The highest BCUT2D eigenvalue weighted by atomic mass is 79.9. The van der Waals surface area contributed by atoms with Gasteiger partial charge in [-0.25, -0.2) is 4.98 Å². The summed E-state index contributed by atoms with van der Waals surface area (Å²) in [5.41, 5.74) is 1.25. The molecule has 1 aromatic heterocycles. The Morgan fingerprint density at radius 2 is 2.15 bits per heavy atom. The highest BCUT2D eigenvalue weighted by Gasteiger charge is 2.06. The average molecular weight is 372 g/mol. The van der Waals surface area contributed by atoms with Crippen LogP contribution < -0.4 is 5.32 Å². The quantitative estimate of drug-likeness (QED) is 0.711. The van der Waals surface area contributed by atoms with Crippen molar-refractivity contribution >= 4 is 39.3 Å². The highest BCUT2D eigenvalue weighted by molar-refractivity contribution is 9.10. The zero-order valence-electron chi connectivity index (χ0n) is 11.2. The highest BCUT2D eigenvalue weighted by Crippen LogP contribution is 2.31. The molecule has 0 fully saturated rings. The first-order valence-corrected chi connectivity index (χ1v) is 8.46. The SMILES string of the molecule is CCCNCc1ccc(Cl)cc1Sc1ccc(Br)cn1. The van der Waals surface area contributed by atoms with Gasteiger partial charge in [-0.15, -0.1) is 0 Å². The number of pyridine rings is 1. The van der Waals surface area contributed by atoms with Gasteiger partial charge in [0.2, 0.25) is 0 Å². The number of halogens is 2. The minimum absolute atomic E-state index is 0.754. The van der Waals surface area contributed by atoms with Crippen LogP contribution in [0.5, 0.6) is 0 Å². The monoisotopic (exact) mass is 370 g/mol. The van der Waals surface area contributed by atoms with Crippen molar-refractivity contribution in [3.63, 3.8) is 0 Å². The summed E-state index contributed by atoms with van der Waals surface area (Å²) in [5, 5.41) is 5.14. The minimum Gasteiger partial charge on any atom is -0.313 e. The second-order valence-corrected chi connectivity index (χ2v) is 6.76. The third kappa shape index (κ3) is 4.77. The van der Waals surface area contributed by atoms with E-state index < -0.39 is 0 Å². The van der Waals surface area contributed by atoms with Crippen LogP contribution in [0.2, 0.25) is 5.02 Å². The van der Waals surface area contributed by atoms with Crippen molar-refractivity contribution in [3.8, 4) is 0 Å². The molecule has 20 heavy (non-hydrogen) atoms. The fraction of sp³-hybridized carbons (Fsp3) is 0.267. The zero-order valence-corrected chi connectivity index (χ0v) is 14.4. The van der Waals surface area contributed by atoms with Gasteiger partial charge in [-0.05, 0) is 58.7 Å². The molecule has 106 valence electrons. The van der Waals surface area contributed by atoms with E-state index >= 15 is 0 Å². The summed E-state index contributed by atoms with van der Waals surface area (Å²) in [4.78, 5) is 5.54. The zero-order chi connectivity index (χ0) is 14.4. The van der Waals surface area contributed by atoms with Crippen LogP contribution >= 0.6 is 39.3 Å². The van der Waals surface area contributed by atoms with Gasteiger partial charge in [0.25, 0.3) is 0 Å². The van der Waals surface area contributed by atoms with Gasteiger partial charge in [-0.2, -0.15) is 0 Å². The van der Waals surface area contributed by atoms with E-state index in [1.54, 1.807) is 11.8 Å². The van der Waals surface area contributed by atoms with Crippen LogP contribution in [0.25, 0.3) is 0 Å². The van der Waals surface area contributed by atoms with E-state index in [-0.39, 0.29) is 0 Å². The Morgan fingerprint density at radius 3 is 2.85 bits per heavy atom. The fourth-order valence-corrected chi connectivity index (χ4v) is 3.10. The van der Waals surface area contributed by atoms with E-state index in [1.807, 2.05) is 30.5 Å². The molecule has 0 atom stereocenters. The molecule has 0 amide bonds. The molecule has 5 heteroatoms. The standard InChI is InChI=1S/C15H16BrClN2S/c1-2-7-18-9-11-3-5-13(17)8-14(11)20-15-6-4-12(16)10-19-15/h3-6,8,10,18H,2,7,9H2,1H3. The lowest BCUT2D eigenvalue weighted by Crippen LogP contribution is -2.14. The predicted octanol–water partition coefficient (Wildman–Crippen LogP) is 5.15. The molecule has 0 spiro atoms.